The van der Waals surface area contributed by atoms with Gasteiger partial charge in [0.25, 0.3) is 0 Å². The third-order valence-electron chi connectivity index (χ3n) is 2.95. The van der Waals surface area contributed by atoms with Crippen LogP contribution in [0.1, 0.15) is 0 Å². The second kappa shape index (κ2) is 6.29. The van der Waals surface area contributed by atoms with Gasteiger partial charge in [0.1, 0.15) is 0 Å². The molecule has 8 heteroatoms. The second-order valence-electron chi connectivity index (χ2n) is 4.27. The van der Waals surface area contributed by atoms with Gasteiger partial charge in [0.05, 0.1) is 24.7 Å². The first-order valence-corrected chi connectivity index (χ1v) is 6.11. The number of benzene rings is 1. The number of amides is 1. The number of carbonyl (C=O) groups is 1. The number of rotatable bonds is 4. The number of hydrogen-bond acceptors (Lipinski definition) is 5. The average Bonchev–Trinajstić information content (AvgIpc) is 2.46. The predicted octanol–water partition coefficient (Wildman–Crippen LogP) is 1.00. The van der Waals surface area contributed by atoms with E-state index in [2.05, 4.69) is 5.32 Å². The summed E-state index contributed by atoms with van der Waals surface area (Å²) in [7, 11) is 0. The van der Waals surface area contributed by atoms with E-state index in [0.29, 0.717) is 32.0 Å². The molecule has 0 unspecified atom stereocenters. The van der Waals surface area contributed by atoms with Crippen LogP contribution in [0.15, 0.2) is 18.2 Å². The molecule has 0 aromatic heterocycles. The molecular weight excluding hydrogens is 269 g/mol. The van der Waals surface area contributed by atoms with Crippen LogP contribution in [0.3, 0.4) is 0 Å². The van der Waals surface area contributed by atoms with Gasteiger partial charge in [0.15, 0.2) is 0 Å². The fourth-order valence-corrected chi connectivity index (χ4v) is 1.86. The van der Waals surface area contributed by atoms with Crippen molar-refractivity contribution in [2.24, 2.45) is 0 Å². The monoisotopic (exact) mass is 283 g/mol. The third-order valence-corrected chi connectivity index (χ3v) is 2.95. The molecule has 108 valence electrons. The van der Waals surface area contributed by atoms with Gasteiger partial charge < -0.3 is 15.0 Å². The van der Waals surface area contributed by atoms with Gasteiger partial charge in [0.2, 0.25) is 11.7 Å². The number of nitrogens with one attached hydrogen (secondary N) is 1. The van der Waals surface area contributed by atoms with Crippen molar-refractivity contribution in [3.63, 3.8) is 0 Å². The lowest BCUT2D eigenvalue weighted by Gasteiger charge is -2.27. The summed E-state index contributed by atoms with van der Waals surface area (Å²) in [4.78, 5) is 23.3. The zero-order chi connectivity index (χ0) is 14.5. The summed E-state index contributed by atoms with van der Waals surface area (Å²) in [6, 6.07) is 3.43. The Labute approximate surface area is 114 Å². The maximum Gasteiger partial charge on any atom is 0.306 e. The van der Waals surface area contributed by atoms with Crippen molar-refractivity contribution in [2.75, 3.05) is 38.2 Å². The van der Waals surface area contributed by atoms with Crippen molar-refractivity contribution in [3.8, 4) is 0 Å². The summed E-state index contributed by atoms with van der Waals surface area (Å²) in [6.07, 6.45) is 0. The highest BCUT2D eigenvalue weighted by Crippen LogP contribution is 2.21. The highest BCUT2D eigenvalue weighted by atomic mass is 19.1. The molecule has 1 amide bonds. The van der Waals surface area contributed by atoms with Crippen molar-refractivity contribution < 1.29 is 18.8 Å². The van der Waals surface area contributed by atoms with Crippen molar-refractivity contribution >= 4 is 17.3 Å². The maximum absolute atomic E-state index is 13.2. The molecule has 0 atom stereocenters. The largest absolute Gasteiger partial charge is 0.378 e. The zero-order valence-electron chi connectivity index (χ0n) is 10.7. The number of nitro groups is 1. The molecule has 1 aromatic carbocycles. The Bertz CT molecular complexity index is 517. The lowest BCUT2D eigenvalue weighted by atomic mass is 10.2. The number of nitrogens with zero attached hydrogens (tertiary/aromatic N) is 2. The second-order valence-corrected chi connectivity index (χ2v) is 4.27. The molecule has 0 spiro atoms. The van der Waals surface area contributed by atoms with Gasteiger partial charge in [-0.3, -0.25) is 14.9 Å². The van der Waals surface area contributed by atoms with E-state index in [1.165, 1.54) is 6.07 Å². The van der Waals surface area contributed by atoms with Crippen LogP contribution in [0.2, 0.25) is 0 Å². The molecule has 1 fully saturated rings. The molecule has 1 aliphatic rings. The van der Waals surface area contributed by atoms with Gasteiger partial charge in [-0.1, -0.05) is 0 Å². The van der Waals surface area contributed by atoms with Gasteiger partial charge in [-0.15, -0.1) is 0 Å². The standard InChI is InChI=1S/C12H14FN3O4/c13-10-2-1-9(7-11(10)16(18)19)14-8-12(17)15-3-5-20-6-4-15/h1-2,7,14H,3-6,8H2. The van der Waals surface area contributed by atoms with Gasteiger partial charge >= 0.3 is 5.69 Å². The van der Waals surface area contributed by atoms with E-state index >= 15 is 0 Å². The summed E-state index contributed by atoms with van der Waals surface area (Å²) in [5.41, 5.74) is -0.284. The molecular formula is C12H14FN3O4. The van der Waals surface area contributed by atoms with Gasteiger partial charge in [-0.05, 0) is 12.1 Å². The van der Waals surface area contributed by atoms with Gasteiger partial charge in [0, 0.05) is 24.8 Å². The zero-order valence-corrected chi connectivity index (χ0v) is 10.7. The predicted molar refractivity (Wildman–Crippen MR) is 68.9 cm³/mol. The van der Waals surface area contributed by atoms with E-state index in [1.807, 2.05) is 0 Å². The lowest BCUT2D eigenvalue weighted by Crippen LogP contribution is -2.43. The molecule has 1 aromatic rings. The Morgan fingerprint density at radius 2 is 2.15 bits per heavy atom. The topological polar surface area (TPSA) is 84.7 Å². The van der Waals surface area contributed by atoms with Crippen molar-refractivity contribution in [3.05, 3.63) is 34.1 Å². The first-order chi connectivity index (χ1) is 9.58. The van der Waals surface area contributed by atoms with Crippen LogP contribution in [0.5, 0.6) is 0 Å². The lowest BCUT2D eigenvalue weighted by molar-refractivity contribution is -0.387. The van der Waals surface area contributed by atoms with Crippen LogP contribution >= 0.6 is 0 Å². The molecule has 1 saturated heterocycles. The SMILES string of the molecule is O=C(CNc1ccc(F)c([N+](=O)[O-])c1)N1CCOCC1. The summed E-state index contributed by atoms with van der Waals surface area (Å²) < 4.78 is 18.3. The molecule has 0 radical (unpaired) electrons. The molecule has 20 heavy (non-hydrogen) atoms. The summed E-state index contributed by atoms with van der Waals surface area (Å²) in [5.74, 6) is -1.03. The summed E-state index contributed by atoms with van der Waals surface area (Å²) >= 11 is 0. The molecule has 0 saturated carbocycles. The van der Waals surface area contributed by atoms with E-state index < -0.39 is 16.4 Å². The van der Waals surface area contributed by atoms with Crippen molar-refractivity contribution in [2.45, 2.75) is 0 Å². The van der Waals surface area contributed by atoms with E-state index in [1.54, 1.807) is 4.90 Å². The minimum absolute atomic E-state index is 0.00276. The quantitative estimate of drug-likeness (QED) is 0.658. The van der Waals surface area contributed by atoms with Gasteiger partial charge in [-0.25, -0.2) is 0 Å². The molecule has 1 N–H and O–H groups in total. The number of morpholine rings is 1. The van der Waals surface area contributed by atoms with Crippen LogP contribution in [0.4, 0.5) is 15.8 Å². The van der Waals surface area contributed by atoms with Crippen LogP contribution in [-0.4, -0.2) is 48.6 Å². The van der Waals surface area contributed by atoms with E-state index in [-0.39, 0.29) is 12.5 Å². The first kappa shape index (κ1) is 14.2. The number of nitro benzene ring substituents is 1. The van der Waals surface area contributed by atoms with E-state index in [4.69, 9.17) is 4.74 Å². The third kappa shape index (κ3) is 3.41. The summed E-state index contributed by atoms with van der Waals surface area (Å²) in [5, 5.41) is 13.4. The average molecular weight is 283 g/mol. The van der Waals surface area contributed by atoms with Gasteiger partial charge in [-0.2, -0.15) is 4.39 Å². The molecule has 1 aliphatic heterocycles. The minimum atomic E-state index is -0.903. The Balaban J connectivity index is 1.95. The highest BCUT2D eigenvalue weighted by molar-refractivity contribution is 5.81. The molecule has 1 heterocycles. The van der Waals surface area contributed by atoms with Crippen LogP contribution in [0, 0.1) is 15.9 Å². The number of carbonyl (C=O) groups excluding carboxylic acids is 1. The Morgan fingerprint density at radius 3 is 2.80 bits per heavy atom. The van der Waals surface area contributed by atoms with Crippen molar-refractivity contribution in [1.82, 2.24) is 4.90 Å². The number of ether oxygens (including phenoxy) is 1. The highest BCUT2D eigenvalue weighted by Gasteiger charge is 2.18. The minimum Gasteiger partial charge on any atom is -0.378 e. The molecule has 0 aliphatic carbocycles. The number of anilines is 1. The van der Waals surface area contributed by atoms with Crippen LogP contribution in [0.25, 0.3) is 0 Å². The van der Waals surface area contributed by atoms with Crippen molar-refractivity contribution in [1.29, 1.82) is 0 Å². The molecule has 2 rings (SSSR count). The Kier molecular flexibility index (Phi) is 4.46. The normalized spacial score (nSPS) is 14.9. The van der Waals surface area contributed by atoms with Crippen LogP contribution in [-0.2, 0) is 9.53 Å². The van der Waals surface area contributed by atoms with E-state index in [9.17, 15) is 19.3 Å². The Hall–Kier alpha value is -2.22. The Morgan fingerprint density at radius 1 is 1.45 bits per heavy atom. The first-order valence-electron chi connectivity index (χ1n) is 6.11. The molecule has 7 nitrogen and oxygen atoms in total. The summed E-state index contributed by atoms with van der Waals surface area (Å²) in [6.45, 7) is 2.08. The van der Waals surface area contributed by atoms with E-state index in [0.717, 1.165) is 12.1 Å². The number of halogens is 1. The maximum atomic E-state index is 13.2. The smallest absolute Gasteiger partial charge is 0.306 e. The fourth-order valence-electron chi connectivity index (χ4n) is 1.86. The fraction of sp³-hybridized carbons (Fsp3) is 0.417. The molecule has 0 bridgehead atoms. The number of hydrogen-bond donors (Lipinski definition) is 1. The van der Waals surface area contributed by atoms with Crippen LogP contribution < -0.4 is 5.32 Å².